The molecule has 1 unspecified atom stereocenters. The van der Waals surface area contributed by atoms with Crippen molar-refractivity contribution in [2.24, 2.45) is 0 Å². The van der Waals surface area contributed by atoms with Crippen molar-refractivity contribution in [2.45, 2.75) is 13.0 Å². The van der Waals surface area contributed by atoms with Crippen LogP contribution in [-0.4, -0.2) is 37.2 Å². The van der Waals surface area contributed by atoms with E-state index < -0.39 is 18.0 Å². The number of rotatable bonds is 8. The molecule has 3 aromatic rings. The molecule has 3 rings (SSSR count). The topological polar surface area (TPSA) is 96.0 Å². The van der Waals surface area contributed by atoms with Crippen molar-refractivity contribution in [3.8, 4) is 23.1 Å². The lowest BCUT2D eigenvalue weighted by Gasteiger charge is -2.15. The number of nitrogens with zero attached hydrogens (tertiary/aromatic N) is 1. The standard InChI is InChI=1S/C23H22N2O6/c1-15(21(26)25-16-11-12-19(28-2)20(14-16)29-3)30-23(27)18-10-7-13-24-22(18)31-17-8-5-4-6-9-17/h4-15H,1-3H3,(H,25,26). The van der Waals surface area contributed by atoms with Gasteiger partial charge >= 0.3 is 5.97 Å². The van der Waals surface area contributed by atoms with E-state index in [1.165, 1.54) is 33.4 Å². The third-order valence-corrected chi connectivity index (χ3v) is 4.25. The third-order valence-electron chi connectivity index (χ3n) is 4.25. The molecule has 1 heterocycles. The molecule has 0 saturated carbocycles. The number of pyridine rings is 1. The summed E-state index contributed by atoms with van der Waals surface area (Å²) in [6, 6.07) is 17.0. The maximum absolute atomic E-state index is 12.6. The Hall–Kier alpha value is -4.07. The van der Waals surface area contributed by atoms with Gasteiger partial charge in [-0.15, -0.1) is 0 Å². The third kappa shape index (κ3) is 5.51. The summed E-state index contributed by atoms with van der Waals surface area (Å²) in [5.41, 5.74) is 0.581. The summed E-state index contributed by atoms with van der Waals surface area (Å²) in [5, 5.41) is 2.68. The van der Waals surface area contributed by atoms with Gasteiger partial charge in [-0.1, -0.05) is 18.2 Å². The van der Waals surface area contributed by atoms with Crippen molar-refractivity contribution in [3.05, 3.63) is 72.4 Å². The average molecular weight is 422 g/mol. The average Bonchev–Trinajstić information content (AvgIpc) is 2.79. The largest absolute Gasteiger partial charge is 0.493 e. The van der Waals surface area contributed by atoms with Crippen molar-refractivity contribution < 1.29 is 28.5 Å². The van der Waals surface area contributed by atoms with Gasteiger partial charge in [0.1, 0.15) is 11.3 Å². The number of methoxy groups -OCH3 is 2. The van der Waals surface area contributed by atoms with Crippen LogP contribution in [0.2, 0.25) is 0 Å². The predicted octanol–water partition coefficient (Wildman–Crippen LogP) is 4.08. The molecule has 0 aliphatic carbocycles. The highest BCUT2D eigenvalue weighted by Gasteiger charge is 2.23. The lowest BCUT2D eigenvalue weighted by molar-refractivity contribution is -0.123. The lowest BCUT2D eigenvalue weighted by atomic mass is 10.2. The number of aromatic nitrogens is 1. The molecule has 0 aliphatic rings. The summed E-state index contributed by atoms with van der Waals surface area (Å²) < 4.78 is 21.4. The number of para-hydroxylation sites is 1. The van der Waals surface area contributed by atoms with E-state index in [1.807, 2.05) is 6.07 Å². The molecule has 2 aromatic carbocycles. The number of benzene rings is 2. The highest BCUT2D eigenvalue weighted by molar-refractivity contribution is 5.98. The molecule has 1 N–H and O–H groups in total. The lowest BCUT2D eigenvalue weighted by Crippen LogP contribution is -2.30. The summed E-state index contributed by atoms with van der Waals surface area (Å²) in [6.07, 6.45) is 0.438. The number of carbonyl (C=O) groups is 2. The number of hydrogen-bond acceptors (Lipinski definition) is 7. The SMILES string of the molecule is COc1ccc(NC(=O)C(C)OC(=O)c2cccnc2Oc2ccccc2)cc1OC. The smallest absolute Gasteiger partial charge is 0.344 e. The highest BCUT2D eigenvalue weighted by atomic mass is 16.6. The molecule has 0 aliphatic heterocycles. The molecule has 1 aromatic heterocycles. The van der Waals surface area contributed by atoms with Crippen molar-refractivity contribution in [1.82, 2.24) is 4.98 Å². The van der Waals surface area contributed by atoms with E-state index in [1.54, 1.807) is 48.5 Å². The van der Waals surface area contributed by atoms with Crippen LogP contribution in [0.25, 0.3) is 0 Å². The molecule has 0 spiro atoms. The Labute approximate surface area is 179 Å². The maximum Gasteiger partial charge on any atom is 0.344 e. The predicted molar refractivity (Wildman–Crippen MR) is 114 cm³/mol. The van der Waals surface area contributed by atoms with E-state index in [4.69, 9.17) is 18.9 Å². The van der Waals surface area contributed by atoms with Crippen LogP contribution in [0.15, 0.2) is 66.9 Å². The fourth-order valence-electron chi connectivity index (χ4n) is 2.66. The summed E-state index contributed by atoms with van der Waals surface area (Å²) in [6.45, 7) is 1.47. The molecule has 160 valence electrons. The number of nitrogens with one attached hydrogen (secondary N) is 1. The van der Waals surface area contributed by atoms with Crippen molar-refractivity contribution in [2.75, 3.05) is 19.5 Å². The Morgan fingerprint density at radius 3 is 2.39 bits per heavy atom. The van der Waals surface area contributed by atoms with Gasteiger partial charge in [-0.2, -0.15) is 0 Å². The first-order valence-electron chi connectivity index (χ1n) is 9.43. The first-order valence-corrected chi connectivity index (χ1v) is 9.43. The molecule has 8 nitrogen and oxygen atoms in total. The van der Waals surface area contributed by atoms with E-state index in [2.05, 4.69) is 10.3 Å². The first kappa shape index (κ1) is 21.6. The van der Waals surface area contributed by atoms with E-state index >= 15 is 0 Å². The normalized spacial score (nSPS) is 11.2. The van der Waals surface area contributed by atoms with Gasteiger partial charge in [0.05, 0.1) is 14.2 Å². The Morgan fingerprint density at radius 1 is 0.935 bits per heavy atom. The molecule has 0 saturated heterocycles. The molecule has 8 heteroatoms. The molecule has 0 fully saturated rings. The van der Waals surface area contributed by atoms with Crippen LogP contribution in [0.1, 0.15) is 17.3 Å². The minimum absolute atomic E-state index is 0.0891. The number of amides is 1. The Bertz CT molecular complexity index is 1050. The van der Waals surface area contributed by atoms with Gasteiger partial charge in [0.15, 0.2) is 17.6 Å². The van der Waals surface area contributed by atoms with Crippen LogP contribution in [0.4, 0.5) is 5.69 Å². The minimum atomic E-state index is -1.06. The molecule has 0 radical (unpaired) electrons. The van der Waals surface area contributed by atoms with Gasteiger partial charge in [0.25, 0.3) is 5.91 Å². The second-order valence-corrected chi connectivity index (χ2v) is 6.38. The van der Waals surface area contributed by atoms with Crippen LogP contribution in [0.5, 0.6) is 23.1 Å². The second-order valence-electron chi connectivity index (χ2n) is 6.38. The molecule has 0 bridgehead atoms. The first-order chi connectivity index (χ1) is 15.0. The zero-order valence-corrected chi connectivity index (χ0v) is 17.3. The molecular weight excluding hydrogens is 400 g/mol. The number of esters is 1. The zero-order valence-electron chi connectivity index (χ0n) is 17.3. The fourth-order valence-corrected chi connectivity index (χ4v) is 2.66. The van der Waals surface area contributed by atoms with Crippen LogP contribution in [0.3, 0.4) is 0 Å². The second kappa shape index (κ2) is 10.1. The van der Waals surface area contributed by atoms with E-state index in [-0.39, 0.29) is 11.4 Å². The maximum atomic E-state index is 12.6. The Morgan fingerprint density at radius 2 is 1.68 bits per heavy atom. The minimum Gasteiger partial charge on any atom is -0.493 e. The van der Waals surface area contributed by atoms with Crippen molar-refractivity contribution in [3.63, 3.8) is 0 Å². The fraction of sp³-hybridized carbons (Fsp3) is 0.174. The molecule has 31 heavy (non-hydrogen) atoms. The van der Waals surface area contributed by atoms with E-state index in [0.29, 0.717) is 22.9 Å². The van der Waals surface area contributed by atoms with Crippen LogP contribution < -0.4 is 19.5 Å². The number of anilines is 1. The van der Waals surface area contributed by atoms with Gasteiger partial charge in [0.2, 0.25) is 5.88 Å². The van der Waals surface area contributed by atoms with Gasteiger partial charge in [0, 0.05) is 18.0 Å². The summed E-state index contributed by atoms with van der Waals surface area (Å²) in [4.78, 5) is 29.3. The van der Waals surface area contributed by atoms with Crippen LogP contribution in [-0.2, 0) is 9.53 Å². The van der Waals surface area contributed by atoms with Gasteiger partial charge in [-0.3, -0.25) is 4.79 Å². The number of carbonyl (C=O) groups excluding carboxylic acids is 2. The molecular formula is C23H22N2O6. The van der Waals surface area contributed by atoms with Crippen molar-refractivity contribution in [1.29, 1.82) is 0 Å². The number of ether oxygens (including phenoxy) is 4. The van der Waals surface area contributed by atoms with Gasteiger partial charge in [-0.05, 0) is 43.3 Å². The Kier molecular flexibility index (Phi) is 7.05. The summed E-state index contributed by atoms with van der Waals surface area (Å²) >= 11 is 0. The van der Waals surface area contributed by atoms with Crippen LogP contribution >= 0.6 is 0 Å². The van der Waals surface area contributed by atoms with E-state index in [0.717, 1.165) is 0 Å². The summed E-state index contributed by atoms with van der Waals surface area (Å²) in [7, 11) is 3.02. The molecule has 1 atom stereocenters. The van der Waals surface area contributed by atoms with Gasteiger partial charge < -0.3 is 24.3 Å². The zero-order chi connectivity index (χ0) is 22.2. The van der Waals surface area contributed by atoms with Crippen molar-refractivity contribution >= 4 is 17.6 Å². The van der Waals surface area contributed by atoms with Gasteiger partial charge in [-0.25, -0.2) is 9.78 Å². The van der Waals surface area contributed by atoms with E-state index in [9.17, 15) is 9.59 Å². The molecule has 1 amide bonds. The monoisotopic (exact) mass is 422 g/mol. The quantitative estimate of drug-likeness (QED) is 0.547. The van der Waals surface area contributed by atoms with Crippen LogP contribution in [0, 0.1) is 0 Å². The Balaban J connectivity index is 1.67. The number of hydrogen-bond donors (Lipinski definition) is 1. The highest BCUT2D eigenvalue weighted by Crippen LogP contribution is 2.30. The summed E-state index contributed by atoms with van der Waals surface area (Å²) in [5.74, 6) is 0.371.